The molecule has 2 heterocycles. The second-order valence-corrected chi connectivity index (χ2v) is 22.2. The highest BCUT2D eigenvalue weighted by molar-refractivity contribution is 6.74. The van der Waals surface area contributed by atoms with E-state index in [0.717, 1.165) is 16.0 Å². The van der Waals surface area contributed by atoms with Gasteiger partial charge in [-0.1, -0.05) is 64.1 Å². The van der Waals surface area contributed by atoms with Gasteiger partial charge in [-0.15, -0.1) is 0 Å². The van der Waals surface area contributed by atoms with Crippen LogP contribution in [-0.4, -0.2) is 51.5 Å². The van der Waals surface area contributed by atoms with Crippen LogP contribution in [0, 0.1) is 5.82 Å². The molecule has 1 atom stereocenters. The molecule has 0 saturated carbocycles. The Balaban J connectivity index is 1.66. The Kier molecular flexibility index (Phi) is 11.7. The minimum Gasteiger partial charge on any atom is -0.542 e. The topological polar surface area (TPSA) is 121 Å². The molecule has 0 aliphatic rings. The van der Waals surface area contributed by atoms with Crippen molar-refractivity contribution in [2.45, 2.75) is 111 Å². The molecule has 2 aromatic heterocycles. The number of aryl methyl sites for hydroxylation is 2. The van der Waals surface area contributed by atoms with Gasteiger partial charge in [0.25, 0.3) is 8.32 Å². The largest absolute Gasteiger partial charge is 0.542 e. The number of fused-ring (bicyclic) bond motifs is 1. The summed E-state index contributed by atoms with van der Waals surface area (Å²) in [7, 11) is -0.643. The van der Waals surface area contributed by atoms with Crippen LogP contribution in [0.15, 0.2) is 72.9 Å². The molecule has 0 radical (unpaired) electrons. The first-order chi connectivity index (χ1) is 26.0. The monoisotopic (exact) mass is 782 g/mol. The number of amides is 2. The number of nitrogens with zero attached hydrogens (tertiary/aromatic N) is 5. The molecule has 56 heavy (non-hydrogen) atoms. The van der Waals surface area contributed by atoms with Crippen LogP contribution >= 0.6 is 0 Å². The summed E-state index contributed by atoms with van der Waals surface area (Å²) in [4.78, 5) is 37.3. The number of nitrogens with one attached hydrogen (secondary N) is 1. The molecule has 2 amide bonds. The number of anilines is 2. The third-order valence-electron chi connectivity index (χ3n) is 9.52. The number of aromatic nitrogens is 4. The van der Waals surface area contributed by atoms with Gasteiger partial charge in [0.05, 0.1) is 0 Å². The summed E-state index contributed by atoms with van der Waals surface area (Å²) in [6.45, 7) is 22.9. The zero-order valence-corrected chi connectivity index (χ0v) is 35.9. The number of halogens is 1. The highest BCUT2D eigenvalue weighted by Gasteiger charge is 2.40. The maximum Gasteiger partial charge on any atom is 0.425 e. The number of carbonyl (C=O) groups is 2. The van der Waals surface area contributed by atoms with E-state index in [4.69, 9.17) is 24.0 Å². The SMILES string of the molecule is CCc1cc(O[Si](C)(C)C(C)(C)C)c(F)c(C(Nc2ccc3c(N(C(=O)OC(C)(C)C)C(=O)OC(C)(C)C)nccc3c2)c2nc(-c3ccccc3)nn2C)c1. The van der Waals surface area contributed by atoms with Crippen LogP contribution in [-0.2, 0) is 22.9 Å². The van der Waals surface area contributed by atoms with Crippen LogP contribution in [0.4, 0.5) is 25.5 Å². The lowest BCUT2D eigenvalue weighted by Gasteiger charge is -2.37. The molecule has 1 N–H and O–H groups in total. The number of benzene rings is 3. The van der Waals surface area contributed by atoms with Crippen LogP contribution in [0.1, 0.15) is 92.2 Å². The molecular weight excluding hydrogens is 728 g/mol. The predicted octanol–water partition coefficient (Wildman–Crippen LogP) is 11.0. The molecule has 13 heteroatoms. The van der Waals surface area contributed by atoms with Gasteiger partial charge in [-0.25, -0.2) is 23.9 Å². The van der Waals surface area contributed by atoms with Crippen LogP contribution < -0.4 is 14.6 Å². The van der Waals surface area contributed by atoms with Gasteiger partial charge in [0, 0.05) is 35.4 Å². The third-order valence-corrected chi connectivity index (χ3v) is 13.9. The number of pyridine rings is 1. The molecule has 0 saturated heterocycles. The van der Waals surface area contributed by atoms with Gasteiger partial charge in [-0.2, -0.15) is 10.00 Å². The zero-order valence-electron chi connectivity index (χ0n) is 34.9. The molecule has 298 valence electrons. The van der Waals surface area contributed by atoms with Crippen molar-refractivity contribution in [3.63, 3.8) is 0 Å². The summed E-state index contributed by atoms with van der Waals surface area (Å²) in [6, 6.07) is 19.6. The first kappa shape index (κ1) is 41.9. The van der Waals surface area contributed by atoms with Crippen molar-refractivity contribution < 1.29 is 27.9 Å². The van der Waals surface area contributed by atoms with E-state index in [1.807, 2.05) is 49.4 Å². The molecule has 0 fully saturated rings. The first-order valence-electron chi connectivity index (χ1n) is 18.9. The maximum atomic E-state index is 17.1. The average molecular weight is 783 g/mol. The van der Waals surface area contributed by atoms with Crippen molar-refractivity contribution in [3.05, 3.63) is 95.7 Å². The van der Waals surface area contributed by atoms with Gasteiger partial charge < -0.3 is 19.2 Å². The van der Waals surface area contributed by atoms with Crippen LogP contribution in [0.5, 0.6) is 5.75 Å². The van der Waals surface area contributed by atoms with Crippen LogP contribution in [0.2, 0.25) is 18.1 Å². The number of imide groups is 1. The molecule has 0 aliphatic heterocycles. The van der Waals surface area contributed by atoms with E-state index in [9.17, 15) is 9.59 Å². The highest BCUT2D eigenvalue weighted by atomic mass is 28.4. The predicted molar refractivity (Wildman–Crippen MR) is 222 cm³/mol. The van der Waals surface area contributed by atoms with Gasteiger partial charge >= 0.3 is 12.2 Å². The molecule has 11 nitrogen and oxygen atoms in total. The number of carbonyl (C=O) groups excluding carboxylic acids is 2. The average Bonchev–Trinajstić information content (AvgIpc) is 3.47. The van der Waals surface area contributed by atoms with E-state index in [1.54, 1.807) is 77.5 Å². The molecule has 5 aromatic rings. The number of ether oxygens (including phenoxy) is 2. The molecule has 1 unspecified atom stereocenters. The van der Waals surface area contributed by atoms with E-state index in [-0.39, 0.29) is 16.6 Å². The molecule has 0 bridgehead atoms. The van der Waals surface area contributed by atoms with Crippen molar-refractivity contribution in [1.82, 2.24) is 19.7 Å². The third kappa shape index (κ3) is 9.55. The van der Waals surface area contributed by atoms with Gasteiger partial charge in [0.15, 0.2) is 23.3 Å². The van der Waals surface area contributed by atoms with Gasteiger partial charge in [0.2, 0.25) is 0 Å². The summed E-state index contributed by atoms with van der Waals surface area (Å²) >= 11 is 0. The van der Waals surface area contributed by atoms with Crippen molar-refractivity contribution in [1.29, 1.82) is 0 Å². The quantitative estimate of drug-likeness (QED) is 0.146. The number of rotatable bonds is 9. The first-order valence-corrected chi connectivity index (χ1v) is 21.8. The summed E-state index contributed by atoms with van der Waals surface area (Å²) in [5.41, 5.74) is 0.902. The summed E-state index contributed by atoms with van der Waals surface area (Å²) in [6.07, 6.45) is 0.309. The summed E-state index contributed by atoms with van der Waals surface area (Å²) < 4.78 is 36.6. The smallest absolute Gasteiger partial charge is 0.425 e. The molecule has 5 rings (SSSR count). The second kappa shape index (κ2) is 15.7. The van der Waals surface area contributed by atoms with E-state index in [1.165, 1.54) is 6.20 Å². The highest BCUT2D eigenvalue weighted by Crippen LogP contribution is 2.41. The van der Waals surface area contributed by atoms with Gasteiger partial charge in [-0.05, 0) is 107 Å². The summed E-state index contributed by atoms with van der Waals surface area (Å²) in [5, 5.41) is 9.26. The molecule has 3 aromatic carbocycles. The zero-order chi connectivity index (χ0) is 41.4. The Morgan fingerprint density at radius 2 is 1.52 bits per heavy atom. The van der Waals surface area contributed by atoms with Crippen molar-refractivity contribution in [3.8, 4) is 17.1 Å². The number of hydrogen-bond donors (Lipinski definition) is 1. The van der Waals surface area contributed by atoms with E-state index < -0.39 is 43.6 Å². The fraction of sp³-hybridized carbons (Fsp3) is 0.419. The Hall–Kier alpha value is -5.30. The normalized spacial score (nSPS) is 13.0. The fourth-order valence-electron chi connectivity index (χ4n) is 5.69. The minimum absolute atomic E-state index is 0.0454. The van der Waals surface area contributed by atoms with Gasteiger partial charge in [0.1, 0.15) is 23.0 Å². The standard InChI is InChI=1S/C43H55FN6O5Si/c1-14-27-24-32(34(44)33(25-27)55-56(12,13)43(8,9)10)35(38-47-36(48-49(38)11)28-18-16-15-17-19-28)46-30-20-21-31-29(26-30)22-23-45-37(31)50(39(51)53-41(2,3)4)40(52)54-42(5,6)7/h15-26,35,46H,14H2,1-13H3. The number of hydrogen-bond acceptors (Lipinski definition) is 9. The second-order valence-electron chi connectivity index (χ2n) is 17.4. The van der Waals surface area contributed by atoms with Crippen molar-refractivity contribution in [2.24, 2.45) is 7.05 Å². The van der Waals surface area contributed by atoms with Crippen LogP contribution in [0.25, 0.3) is 22.2 Å². The molecule has 0 spiro atoms. The Morgan fingerprint density at radius 1 is 0.893 bits per heavy atom. The molecule has 0 aliphatic carbocycles. The Labute approximate surface area is 330 Å². The van der Waals surface area contributed by atoms with E-state index in [2.05, 4.69) is 44.2 Å². The van der Waals surface area contributed by atoms with E-state index in [0.29, 0.717) is 40.1 Å². The Bertz CT molecular complexity index is 2190. The van der Waals surface area contributed by atoms with Gasteiger partial charge in [-0.3, -0.25) is 4.68 Å². The fourth-order valence-corrected chi connectivity index (χ4v) is 6.70. The lowest BCUT2D eigenvalue weighted by Crippen LogP contribution is -2.44. The van der Waals surface area contributed by atoms with E-state index >= 15 is 4.39 Å². The van der Waals surface area contributed by atoms with Crippen LogP contribution in [0.3, 0.4) is 0 Å². The lowest BCUT2D eigenvalue weighted by atomic mass is 9.99. The van der Waals surface area contributed by atoms with Crippen molar-refractivity contribution >= 4 is 42.8 Å². The minimum atomic E-state index is -2.43. The lowest BCUT2D eigenvalue weighted by molar-refractivity contribution is 0.0429. The summed E-state index contributed by atoms with van der Waals surface area (Å²) in [5.74, 6) is 0.751. The molecular formula is C43H55FN6O5Si. The van der Waals surface area contributed by atoms with Crippen molar-refractivity contribution in [2.75, 3.05) is 10.2 Å². The maximum absolute atomic E-state index is 17.1. The Morgan fingerprint density at radius 3 is 2.09 bits per heavy atom.